The first-order chi connectivity index (χ1) is 8.95. The summed E-state index contributed by atoms with van der Waals surface area (Å²) in [6.07, 6.45) is 5.93. The molecule has 1 atom stereocenters. The van der Waals surface area contributed by atoms with E-state index in [0.717, 1.165) is 13.0 Å². The molecule has 0 fully saturated rings. The van der Waals surface area contributed by atoms with Gasteiger partial charge in [-0.3, -0.25) is 0 Å². The lowest BCUT2D eigenvalue weighted by atomic mass is 10.4. The van der Waals surface area contributed by atoms with E-state index in [1.54, 1.807) is 25.8 Å². The van der Waals surface area contributed by atoms with Crippen LogP contribution >= 0.6 is 0 Å². The van der Waals surface area contributed by atoms with Crippen LogP contribution in [0.3, 0.4) is 0 Å². The van der Waals surface area contributed by atoms with Crippen molar-refractivity contribution in [2.45, 2.75) is 25.9 Å². The van der Waals surface area contributed by atoms with Gasteiger partial charge in [0.2, 0.25) is 0 Å². The smallest absolute Gasteiger partial charge is 0.279 e. The highest BCUT2D eigenvalue weighted by atomic mass is 32.2. The van der Waals surface area contributed by atoms with Gasteiger partial charge in [0.1, 0.15) is 0 Å². The van der Waals surface area contributed by atoms with Gasteiger partial charge in [0.05, 0.1) is 6.33 Å². The Balaban J connectivity index is 2.44. The van der Waals surface area contributed by atoms with Crippen LogP contribution in [0.4, 0.5) is 0 Å². The van der Waals surface area contributed by atoms with Gasteiger partial charge in [-0.2, -0.15) is 17.4 Å². The average molecular weight is 289 g/mol. The van der Waals surface area contributed by atoms with Crippen LogP contribution in [0.25, 0.3) is 0 Å². The first kappa shape index (κ1) is 16.1. The van der Waals surface area contributed by atoms with Gasteiger partial charge in [0.25, 0.3) is 10.2 Å². The molecule has 0 aliphatic heterocycles. The van der Waals surface area contributed by atoms with Crippen LogP contribution < -0.4 is 10.0 Å². The largest absolute Gasteiger partial charge is 0.336 e. The predicted octanol–water partition coefficient (Wildman–Crippen LogP) is -0.353. The van der Waals surface area contributed by atoms with Gasteiger partial charge in [-0.05, 0) is 26.9 Å². The highest BCUT2D eigenvalue weighted by molar-refractivity contribution is 7.87. The van der Waals surface area contributed by atoms with Crippen molar-refractivity contribution in [1.29, 1.82) is 0 Å². The molecule has 110 valence electrons. The highest BCUT2D eigenvalue weighted by Crippen LogP contribution is 1.99. The molecule has 7 nitrogen and oxygen atoms in total. The summed E-state index contributed by atoms with van der Waals surface area (Å²) in [4.78, 5) is 3.93. The summed E-state index contributed by atoms with van der Waals surface area (Å²) in [7, 11) is 0.0111. The van der Waals surface area contributed by atoms with Gasteiger partial charge in [-0.25, -0.2) is 4.98 Å². The lowest BCUT2D eigenvalue weighted by Crippen LogP contribution is -2.44. The number of nitrogens with zero attached hydrogens (tertiary/aromatic N) is 3. The van der Waals surface area contributed by atoms with E-state index >= 15 is 0 Å². The summed E-state index contributed by atoms with van der Waals surface area (Å²) in [6, 6.07) is -0.189. The quantitative estimate of drug-likeness (QED) is 0.609. The number of imidazole rings is 1. The summed E-state index contributed by atoms with van der Waals surface area (Å²) < 4.78 is 29.9. The Morgan fingerprint density at radius 2 is 2.21 bits per heavy atom. The Bertz CT molecular complexity index is 446. The van der Waals surface area contributed by atoms with Crippen LogP contribution in [0.5, 0.6) is 0 Å². The van der Waals surface area contributed by atoms with Crippen LogP contribution in [0.1, 0.15) is 13.3 Å². The zero-order valence-electron chi connectivity index (χ0n) is 11.7. The number of nitrogens with one attached hydrogen (secondary N) is 2. The third-order valence-electron chi connectivity index (χ3n) is 2.70. The van der Waals surface area contributed by atoms with Crippen molar-refractivity contribution in [3.8, 4) is 0 Å². The minimum absolute atomic E-state index is 0.189. The van der Waals surface area contributed by atoms with Gasteiger partial charge < -0.3 is 9.88 Å². The van der Waals surface area contributed by atoms with Crippen molar-refractivity contribution in [2.75, 3.05) is 27.2 Å². The number of aromatic nitrogens is 2. The first-order valence-corrected chi connectivity index (χ1v) is 7.73. The number of hydrogen-bond donors (Lipinski definition) is 2. The van der Waals surface area contributed by atoms with E-state index in [1.165, 1.54) is 4.31 Å². The molecule has 0 radical (unpaired) electrons. The molecule has 0 saturated carbocycles. The maximum absolute atomic E-state index is 12.0. The monoisotopic (exact) mass is 289 g/mol. The molecule has 8 heteroatoms. The molecule has 1 unspecified atom stereocenters. The molecule has 1 aromatic rings. The summed E-state index contributed by atoms with van der Waals surface area (Å²) >= 11 is 0. The Morgan fingerprint density at radius 3 is 2.79 bits per heavy atom. The van der Waals surface area contributed by atoms with Crippen LogP contribution in [-0.2, 0) is 16.8 Å². The number of rotatable bonds is 9. The Hall–Kier alpha value is -0.960. The van der Waals surface area contributed by atoms with E-state index in [4.69, 9.17) is 0 Å². The topological polar surface area (TPSA) is 79.3 Å². The summed E-state index contributed by atoms with van der Waals surface area (Å²) in [5, 5.41) is 2.99. The molecule has 19 heavy (non-hydrogen) atoms. The van der Waals surface area contributed by atoms with Crippen molar-refractivity contribution >= 4 is 10.2 Å². The standard InChI is InChI=1S/C11H23N5O2S/c1-11(9-16-8-6-13-10-16)14-19(17,18)15(3)7-4-5-12-2/h6,8,10-12,14H,4-5,7,9H2,1-3H3. The molecule has 0 aromatic carbocycles. The summed E-state index contributed by atoms with van der Waals surface area (Å²) in [6.45, 7) is 3.68. The van der Waals surface area contributed by atoms with Crippen molar-refractivity contribution in [3.63, 3.8) is 0 Å². The third kappa shape index (κ3) is 5.68. The second-order valence-corrected chi connectivity index (χ2v) is 6.37. The SMILES string of the molecule is CNCCCN(C)S(=O)(=O)NC(C)Cn1ccnc1. The van der Waals surface area contributed by atoms with E-state index in [-0.39, 0.29) is 6.04 Å². The second-order valence-electron chi connectivity index (χ2n) is 4.56. The second kappa shape index (κ2) is 7.59. The molecule has 2 N–H and O–H groups in total. The van der Waals surface area contributed by atoms with E-state index in [2.05, 4.69) is 15.0 Å². The van der Waals surface area contributed by atoms with Crippen molar-refractivity contribution in [2.24, 2.45) is 0 Å². The minimum atomic E-state index is -3.42. The third-order valence-corrected chi connectivity index (χ3v) is 4.41. The number of hydrogen-bond acceptors (Lipinski definition) is 4. The van der Waals surface area contributed by atoms with Gasteiger partial charge in [0, 0.05) is 38.6 Å². The molecule has 1 heterocycles. The van der Waals surface area contributed by atoms with Gasteiger partial charge >= 0.3 is 0 Å². The van der Waals surface area contributed by atoms with E-state index < -0.39 is 10.2 Å². The molecule has 1 aromatic heterocycles. The molecular formula is C11H23N5O2S. The molecule has 0 bridgehead atoms. The van der Waals surface area contributed by atoms with Gasteiger partial charge in [-0.15, -0.1) is 0 Å². The summed E-state index contributed by atoms with van der Waals surface area (Å²) in [5.74, 6) is 0. The summed E-state index contributed by atoms with van der Waals surface area (Å²) in [5.41, 5.74) is 0. The van der Waals surface area contributed by atoms with Gasteiger partial charge in [-0.1, -0.05) is 0 Å². The maximum atomic E-state index is 12.0. The van der Waals surface area contributed by atoms with Crippen LogP contribution in [0, 0.1) is 0 Å². The van der Waals surface area contributed by atoms with Crippen LogP contribution in [0.15, 0.2) is 18.7 Å². The molecular weight excluding hydrogens is 266 g/mol. The highest BCUT2D eigenvalue weighted by Gasteiger charge is 2.19. The van der Waals surface area contributed by atoms with Crippen LogP contribution in [0.2, 0.25) is 0 Å². The van der Waals surface area contributed by atoms with Gasteiger partial charge in [0.15, 0.2) is 0 Å². The fraction of sp³-hybridized carbons (Fsp3) is 0.727. The Morgan fingerprint density at radius 1 is 1.47 bits per heavy atom. The lowest BCUT2D eigenvalue weighted by Gasteiger charge is -2.21. The molecule has 0 saturated heterocycles. The van der Waals surface area contributed by atoms with Crippen molar-refractivity contribution < 1.29 is 8.42 Å². The normalized spacial score (nSPS) is 13.9. The first-order valence-electron chi connectivity index (χ1n) is 6.29. The Labute approximate surface area is 115 Å². The van der Waals surface area contributed by atoms with Crippen LogP contribution in [-0.4, -0.2) is 55.5 Å². The fourth-order valence-corrected chi connectivity index (χ4v) is 2.82. The minimum Gasteiger partial charge on any atom is -0.336 e. The zero-order chi connectivity index (χ0) is 14.3. The Kier molecular flexibility index (Phi) is 6.43. The molecule has 1 rings (SSSR count). The zero-order valence-corrected chi connectivity index (χ0v) is 12.5. The van der Waals surface area contributed by atoms with E-state index in [0.29, 0.717) is 13.1 Å². The molecule has 0 aliphatic carbocycles. The fourth-order valence-electron chi connectivity index (χ4n) is 1.69. The average Bonchev–Trinajstić information content (AvgIpc) is 2.81. The lowest BCUT2D eigenvalue weighted by molar-refractivity contribution is 0.432. The molecule has 0 amide bonds. The molecule has 0 aliphatic rings. The van der Waals surface area contributed by atoms with Crippen molar-refractivity contribution in [1.82, 2.24) is 23.9 Å². The maximum Gasteiger partial charge on any atom is 0.279 e. The van der Waals surface area contributed by atoms with E-state index in [9.17, 15) is 8.42 Å². The molecule has 0 spiro atoms. The predicted molar refractivity (Wildman–Crippen MR) is 74.9 cm³/mol. The van der Waals surface area contributed by atoms with Crippen molar-refractivity contribution in [3.05, 3.63) is 18.7 Å². The van der Waals surface area contributed by atoms with E-state index in [1.807, 2.05) is 18.5 Å².